The monoisotopic (exact) mass is 409 g/mol. The highest BCUT2D eigenvalue weighted by molar-refractivity contribution is 6.30. The number of aromatic nitrogens is 1. The number of pyridine rings is 1. The first-order chi connectivity index (χ1) is 14.1. The SMILES string of the molecule is CCOc1cccc(/C=N\NC(=O)c2cccn(Cc3ccc(Cl)cc3)c2=O)c1. The summed E-state index contributed by atoms with van der Waals surface area (Å²) in [6.07, 6.45) is 3.13. The normalized spacial score (nSPS) is 10.8. The molecular weight excluding hydrogens is 390 g/mol. The first-order valence-corrected chi connectivity index (χ1v) is 9.45. The molecule has 0 spiro atoms. The predicted octanol–water partition coefficient (Wildman–Crippen LogP) is 3.71. The summed E-state index contributed by atoms with van der Waals surface area (Å²) in [5.74, 6) is 0.147. The van der Waals surface area contributed by atoms with E-state index >= 15 is 0 Å². The maximum atomic E-state index is 12.6. The number of rotatable bonds is 7. The van der Waals surface area contributed by atoms with Gasteiger partial charge in [0.1, 0.15) is 11.3 Å². The Labute approximate surface area is 173 Å². The molecule has 0 saturated heterocycles. The summed E-state index contributed by atoms with van der Waals surface area (Å²) in [6.45, 7) is 2.80. The molecule has 7 heteroatoms. The zero-order chi connectivity index (χ0) is 20.6. The van der Waals surface area contributed by atoms with Crippen molar-refractivity contribution in [2.75, 3.05) is 6.61 Å². The van der Waals surface area contributed by atoms with Crippen LogP contribution in [0.2, 0.25) is 5.02 Å². The Balaban J connectivity index is 1.70. The quantitative estimate of drug-likeness (QED) is 0.477. The lowest BCUT2D eigenvalue weighted by Crippen LogP contribution is -2.30. The van der Waals surface area contributed by atoms with E-state index in [0.717, 1.165) is 16.9 Å². The van der Waals surface area contributed by atoms with Gasteiger partial charge in [-0.2, -0.15) is 5.10 Å². The number of carbonyl (C=O) groups is 1. The van der Waals surface area contributed by atoms with Gasteiger partial charge in [-0.3, -0.25) is 9.59 Å². The van der Waals surface area contributed by atoms with Crippen LogP contribution in [0.4, 0.5) is 0 Å². The van der Waals surface area contributed by atoms with Gasteiger partial charge >= 0.3 is 0 Å². The molecule has 0 aliphatic rings. The number of carbonyl (C=O) groups excluding carboxylic acids is 1. The van der Waals surface area contributed by atoms with Crippen LogP contribution in [0.3, 0.4) is 0 Å². The lowest BCUT2D eigenvalue weighted by molar-refractivity contribution is 0.0953. The van der Waals surface area contributed by atoms with Gasteiger partial charge in [0, 0.05) is 11.2 Å². The number of nitrogens with one attached hydrogen (secondary N) is 1. The van der Waals surface area contributed by atoms with Crippen LogP contribution in [0.1, 0.15) is 28.4 Å². The van der Waals surface area contributed by atoms with E-state index < -0.39 is 11.5 Å². The summed E-state index contributed by atoms with van der Waals surface area (Å²) in [5, 5.41) is 4.56. The maximum Gasteiger partial charge on any atom is 0.276 e. The van der Waals surface area contributed by atoms with Gasteiger partial charge in [-0.1, -0.05) is 35.9 Å². The number of hydrazone groups is 1. The van der Waals surface area contributed by atoms with Crippen LogP contribution < -0.4 is 15.7 Å². The molecule has 0 atom stereocenters. The van der Waals surface area contributed by atoms with Crippen LogP contribution >= 0.6 is 11.6 Å². The molecule has 1 N–H and O–H groups in total. The Hall–Kier alpha value is -3.38. The number of benzene rings is 2. The predicted molar refractivity (Wildman–Crippen MR) is 114 cm³/mol. The van der Waals surface area contributed by atoms with Crippen molar-refractivity contribution in [2.24, 2.45) is 5.10 Å². The highest BCUT2D eigenvalue weighted by atomic mass is 35.5. The second-order valence-corrected chi connectivity index (χ2v) is 6.62. The number of ether oxygens (including phenoxy) is 1. The fraction of sp³-hybridized carbons (Fsp3) is 0.136. The van der Waals surface area contributed by atoms with Gasteiger partial charge in [0.25, 0.3) is 11.5 Å². The minimum atomic E-state index is -0.572. The summed E-state index contributed by atoms with van der Waals surface area (Å²) in [7, 11) is 0. The third-order valence-electron chi connectivity index (χ3n) is 4.08. The lowest BCUT2D eigenvalue weighted by atomic mass is 10.2. The van der Waals surface area contributed by atoms with Crippen LogP contribution in [-0.4, -0.2) is 23.3 Å². The van der Waals surface area contributed by atoms with Crippen molar-refractivity contribution in [1.29, 1.82) is 0 Å². The van der Waals surface area contributed by atoms with Gasteiger partial charge in [-0.25, -0.2) is 5.43 Å². The molecule has 0 radical (unpaired) electrons. The van der Waals surface area contributed by atoms with E-state index in [1.54, 1.807) is 30.5 Å². The second-order valence-electron chi connectivity index (χ2n) is 6.19. The fourth-order valence-corrected chi connectivity index (χ4v) is 2.82. The van der Waals surface area contributed by atoms with Crippen molar-refractivity contribution in [3.8, 4) is 5.75 Å². The van der Waals surface area contributed by atoms with Crippen LogP contribution in [0, 0.1) is 0 Å². The minimum Gasteiger partial charge on any atom is -0.494 e. The van der Waals surface area contributed by atoms with E-state index in [0.29, 0.717) is 18.2 Å². The van der Waals surface area contributed by atoms with Gasteiger partial charge in [0.05, 0.1) is 19.4 Å². The Morgan fingerprint density at radius 2 is 1.97 bits per heavy atom. The minimum absolute atomic E-state index is 0.0154. The summed E-state index contributed by atoms with van der Waals surface area (Å²) in [4.78, 5) is 25.0. The average Bonchev–Trinajstić information content (AvgIpc) is 2.72. The van der Waals surface area contributed by atoms with Crippen molar-refractivity contribution in [2.45, 2.75) is 13.5 Å². The fourth-order valence-electron chi connectivity index (χ4n) is 2.70. The van der Waals surface area contributed by atoms with Crippen molar-refractivity contribution >= 4 is 23.7 Å². The summed E-state index contributed by atoms with van der Waals surface area (Å²) in [5.41, 5.74) is 3.69. The first-order valence-electron chi connectivity index (χ1n) is 9.07. The van der Waals surface area contributed by atoms with E-state index in [1.807, 2.05) is 37.3 Å². The Morgan fingerprint density at radius 3 is 2.72 bits per heavy atom. The molecule has 1 heterocycles. The molecule has 0 aliphatic carbocycles. The van der Waals surface area contributed by atoms with Crippen LogP contribution in [0.25, 0.3) is 0 Å². The number of amides is 1. The molecular formula is C22H20ClN3O3. The largest absolute Gasteiger partial charge is 0.494 e. The zero-order valence-electron chi connectivity index (χ0n) is 15.8. The first kappa shape index (κ1) is 20.4. The van der Waals surface area contributed by atoms with Crippen molar-refractivity contribution < 1.29 is 9.53 Å². The number of halogens is 1. The third kappa shape index (κ3) is 5.56. The molecule has 0 bridgehead atoms. The molecule has 0 aliphatic heterocycles. The molecule has 3 aromatic rings. The maximum absolute atomic E-state index is 12.6. The topological polar surface area (TPSA) is 72.7 Å². The highest BCUT2D eigenvalue weighted by Gasteiger charge is 2.11. The Bertz CT molecular complexity index is 1080. The third-order valence-corrected chi connectivity index (χ3v) is 4.33. The van der Waals surface area contributed by atoms with Crippen molar-refractivity contribution in [3.05, 3.63) is 98.9 Å². The Kier molecular flexibility index (Phi) is 6.81. The highest BCUT2D eigenvalue weighted by Crippen LogP contribution is 2.12. The van der Waals surface area contributed by atoms with Gasteiger partial charge in [-0.05, 0) is 54.4 Å². The van der Waals surface area contributed by atoms with Crippen molar-refractivity contribution in [1.82, 2.24) is 9.99 Å². The molecule has 2 aromatic carbocycles. The standard InChI is InChI=1S/C22H20ClN3O3/c1-2-29-19-6-3-5-17(13-19)14-24-25-21(27)20-7-4-12-26(22(20)28)15-16-8-10-18(23)11-9-16/h3-14H,2,15H2,1H3,(H,25,27)/b24-14-. The molecule has 148 valence electrons. The molecule has 0 unspecified atom stereocenters. The average molecular weight is 410 g/mol. The van der Waals surface area contributed by atoms with Gasteiger partial charge in [-0.15, -0.1) is 0 Å². The summed E-state index contributed by atoms with van der Waals surface area (Å²) < 4.78 is 6.89. The summed E-state index contributed by atoms with van der Waals surface area (Å²) >= 11 is 5.89. The van der Waals surface area contributed by atoms with E-state index in [9.17, 15) is 9.59 Å². The van der Waals surface area contributed by atoms with E-state index in [4.69, 9.17) is 16.3 Å². The number of hydrogen-bond acceptors (Lipinski definition) is 4. The molecule has 3 rings (SSSR count). The zero-order valence-corrected chi connectivity index (χ0v) is 16.6. The Morgan fingerprint density at radius 1 is 1.17 bits per heavy atom. The van der Waals surface area contributed by atoms with Crippen LogP contribution in [0.15, 0.2) is 76.8 Å². The van der Waals surface area contributed by atoms with Gasteiger partial charge in [0.2, 0.25) is 0 Å². The van der Waals surface area contributed by atoms with Gasteiger partial charge in [0.15, 0.2) is 0 Å². The van der Waals surface area contributed by atoms with Crippen LogP contribution in [0.5, 0.6) is 5.75 Å². The van der Waals surface area contributed by atoms with Crippen LogP contribution in [-0.2, 0) is 6.54 Å². The molecule has 0 saturated carbocycles. The van der Waals surface area contributed by atoms with E-state index in [1.165, 1.54) is 16.8 Å². The molecule has 1 amide bonds. The molecule has 29 heavy (non-hydrogen) atoms. The van der Waals surface area contributed by atoms with Crippen molar-refractivity contribution in [3.63, 3.8) is 0 Å². The molecule has 6 nitrogen and oxygen atoms in total. The van der Waals surface area contributed by atoms with E-state index in [2.05, 4.69) is 10.5 Å². The van der Waals surface area contributed by atoms with E-state index in [-0.39, 0.29) is 5.56 Å². The number of hydrogen-bond donors (Lipinski definition) is 1. The smallest absolute Gasteiger partial charge is 0.276 e. The lowest BCUT2D eigenvalue weighted by Gasteiger charge is -2.08. The number of nitrogens with zero attached hydrogens (tertiary/aromatic N) is 2. The van der Waals surface area contributed by atoms with Gasteiger partial charge < -0.3 is 9.30 Å². The molecule has 1 aromatic heterocycles. The second kappa shape index (κ2) is 9.71. The molecule has 0 fully saturated rings. The summed E-state index contributed by atoms with van der Waals surface area (Å²) in [6, 6.07) is 17.6.